The van der Waals surface area contributed by atoms with E-state index < -0.39 is 0 Å². The van der Waals surface area contributed by atoms with Crippen LogP contribution in [0, 0.1) is 4.91 Å². The van der Waals surface area contributed by atoms with E-state index in [9.17, 15) is 10.0 Å². The van der Waals surface area contributed by atoms with Gasteiger partial charge in [-0.25, -0.2) is 0 Å². The summed E-state index contributed by atoms with van der Waals surface area (Å²) >= 11 is 0. The summed E-state index contributed by atoms with van der Waals surface area (Å²) in [4.78, 5) is 12.6. The highest BCUT2D eigenvalue weighted by atomic mass is 16.3. The Hall–Kier alpha value is -3.29. The predicted molar refractivity (Wildman–Crippen MR) is 75.6 cm³/mol. The number of H-pyrrole nitrogens is 1. The molecule has 21 heavy (non-hydrogen) atoms. The molecule has 2 aromatic heterocycles. The van der Waals surface area contributed by atoms with E-state index in [-0.39, 0.29) is 22.5 Å². The van der Waals surface area contributed by atoms with Crippen LogP contribution in [0.15, 0.2) is 41.7 Å². The molecule has 2 heterocycles. The largest absolute Gasteiger partial charge is 0.504 e. The van der Waals surface area contributed by atoms with Gasteiger partial charge < -0.3 is 5.11 Å². The third-order valence-corrected chi connectivity index (χ3v) is 3.29. The van der Waals surface area contributed by atoms with Crippen molar-refractivity contribution in [3.05, 3.63) is 41.4 Å². The molecule has 2 N–H and O–H groups in total. The van der Waals surface area contributed by atoms with Crippen LogP contribution in [0.3, 0.4) is 0 Å². The number of fused-ring (bicyclic) bond motifs is 2. The van der Waals surface area contributed by atoms with Crippen LogP contribution in [0.1, 0.15) is 0 Å². The SMILES string of the molecule is O=Nc1c2cnnc2c(O)c2[nH]n(-c3ccccc3)nc12. The first-order valence-electron chi connectivity index (χ1n) is 6.13. The fraction of sp³-hybridized carbons (Fsp3) is 0. The highest BCUT2D eigenvalue weighted by Gasteiger charge is 2.20. The molecule has 2 aromatic carbocycles. The van der Waals surface area contributed by atoms with Gasteiger partial charge in [0.05, 0.1) is 17.3 Å². The number of benzene rings is 2. The molecule has 0 radical (unpaired) electrons. The van der Waals surface area contributed by atoms with Crippen LogP contribution >= 0.6 is 0 Å². The van der Waals surface area contributed by atoms with Gasteiger partial charge in [-0.3, -0.25) is 5.10 Å². The summed E-state index contributed by atoms with van der Waals surface area (Å²) in [5.41, 5.74) is 1.65. The molecule has 0 aliphatic carbocycles. The molecule has 0 fully saturated rings. The number of hydrogen-bond donors (Lipinski definition) is 2. The van der Waals surface area contributed by atoms with Gasteiger partial charge in [0.1, 0.15) is 22.2 Å². The Morgan fingerprint density at radius 1 is 1.19 bits per heavy atom. The number of aromatic hydroxyl groups is 1. The summed E-state index contributed by atoms with van der Waals surface area (Å²) in [6.45, 7) is 0. The van der Waals surface area contributed by atoms with Crippen molar-refractivity contribution in [2.75, 3.05) is 0 Å². The number of aromatic amines is 1. The number of rotatable bonds is 2. The number of nitrogens with zero attached hydrogens (tertiary/aromatic N) is 5. The summed E-state index contributed by atoms with van der Waals surface area (Å²) in [5, 5.41) is 28.4. The van der Waals surface area contributed by atoms with Crippen molar-refractivity contribution in [2.45, 2.75) is 0 Å². The normalized spacial score (nSPS) is 11.2. The van der Waals surface area contributed by atoms with Crippen LogP contribution in [0.4, 0.5) is 5.69 Å². The van der Waals surface area contributed by atoms with Crippen molar-refractivity contribution in [1.82, 2.24) is 25.2 Å². The molecule has 0 aliphatic rings. The van der Waals surface area contributed by atoms with Gasteiger partial charge in [0.15, 0.2) is 5.75 Å². The lowest BCUT2D eigenvalue weighted by Crippen LogP contribution is -1.97. The number of aromatic nitrogens is 5. The number of para-hydroxylation sites is 1. The Morgan fingerprint density at radius 2 is 2.00 bits per heavy atom. The third kappa shape index (κ3) is 1.52. The standard InChI is InChI=1S/C13H8N6O2/c20-13-10-8(6-14-15-10)9(18-21)11-12(13)17-19(16-11)7-4-2-1-3-5-7/h1-6,17,20H. The van der Waals surface area contributed by atoms with E-state index in [1.54, 1.807) is 0 Å². The van der Waals surface area contributed by atoms with Gasteiger partial charge in [0.2, 0.25) is 0 Å². The fourth-order valence-corrected chi connectivity index (χ4v) is 2.30. The van der Waals surface area contributed by atoms with Gasteiger partial charge in [-0.2, -0.15) is 9.90 Å². The Labute approximate surface area is 117 Å². The maximum Gasteiger partial charge on any atom is 0.171 e. The molecule has 0 aliphatic heterocycles. The lowest BCUT2D eigenvalue weighted by molar-refractivity contribution is 0.484. The minimum atomic E-state index is -0.105. The van der Waals surface area contributed by atoms with E-state index >= 15 is 0 Å². The second-order valence-electron chi connectivity index (χ2n) is 4.48. The Bertz CT molecular complexity index is 973. The van der Waals surface area contributed by atoms with Crippen LogP contribution in [0.5, 0.6) is 5.75 Å². The summed E-state index contributed by atoms with van der Waals surface area (Å²) in [7, 11) is 0. The second-order valence-corrected chi connectivity index (χ2v) is 4.48. The maximum atomic E-state index is 11.1. The molecule has 4 rings (SSSR count). The molecule has 0 spiro atoms. The summed E-state index contributed by atoms with van der Waals surface area (Å²) in [6, 6.07) is 9.28. The lowest BCUT2D eigenvalue weighted by atomic mass is 10.2. The molecule has 4 aromatic rings. The van der Waals surface area contributed by atoms with Crippen LogP contribution in [-0.4, -0.2) is 30.3 Å². The van der Waals surface area contributed by atoms with Gasteiger partial charge >= 0.3 is 0 Å². The molecule has 0 saturated heterocycles. The van der Waals surface area contributed by atoms with Crippen molar-refractivity contribution in [3.63, 3.8) is 0 Å². The van der Waals surface area contributed by atoms with Gasteiger partial charge in [-0.15, -0.1) is 15.1 Å². The second kappa shape index (κ2) is 4.10. The van der Waals surface area contributed by atoms with Gasteiger partial charge in [0, 0.05) is 0 Å². The van der Waals surface area contributed by atoms with Crippen molar-refractivity contribution in [1.29, 1.82) is 0 Å². The van der Waals surface area contributed by atoms with Gasteiger partial charge in [-0.1, -0.05) is 18.2 Å². The summed E-state index contributed by atoms with van der Waals surface area (Å²) < 4.78 is 0. The van der Waals surface area contributed by atoms with E-state index in [2.05, 4.69) is 25.6 Å². The smallest absolute Gasteiger partial charge is 0.171 e. The highest BCUT2D eigenvalue weighted by Crippen LogP contribution is 2.39. The minimum absolute atomic E-state index is 0.105. The molecule has 102 valence electrons. The molecule has 0 saturated carbocycles. The summed E-state index contributed by atoms with van der Waals surface area (Å²) in [5.74, 6) is -0.105. The van der Waals surface area contributed by atoms with Crippen molar-refractivity contribution >= 4 is 27.6 Å². The van der Waals surface area contributed by atoms with E-state index in [0.717, 1.165) is 5.69 Å². The van der Waals surface area contributed by atoms with Crippen molar-refractivity contribution in [3.8, 4) is 11.4 Å². The summed E-state index contributed by atoms with van der Waals surface area (Å²) in [6.07, 6.45) is 1.38. The van der Waals surface area contributed by atoms with Crippen LogP contribution < -0.4 is 0 Å². The zero-order valence-corrected chi connectivity index (χ0v) is 10.6. The first kappa shape index (κ1) is 11.5. The lowest BCUT2D eigenvalue weighted by Gasteiger charge is -1.98. The molecule has 0 atom stereocenters. The average Bonchev–Trinajstić information content (AvgIpc) is 3.16. The predicted octanol–water partition coefficient (Wildman–Crippen LogP) is 2.40. The fourth-order valence-electron chi connectivity index (χ4n) is 2.30. The number of phenols is 1. The molecule has 8 nitrogen and oxygen atoms in total. The van der Waals surface area contributed by atoms with Crippen LogP contribution in [0.25, 0.3) is 27.6 Å². The van der Waals surface area contributed by atoms with E-state index in [0.29, 0.717) is 10.9 Å². The zero-order chi connectivity index (χ0) is 14.4. The monoisotopic (exact) mass is 280 g/mol. The zero-order valence-electron chi connectivity index (χ0n) is 10.6. The quantitative estimate of drug-likeness (QED) is 0.548. The van der Waals surface area contributed by atoms with E-state index in [1.165, 1.54) is 11.0 Å². The Morgan fingerprint density at radius 3 is 2.76 bits per heavy atom. The Kier molecular flexibility index (Phi) is 2.25. The molecular weight excluding hydrogens is 272 g/mol. The topological polar surface area (TPSA) is 109 Å². The minimum Gasteiger partial charge on any atom is -0.504 e. The molecule has 0 amide bonds. The van der Waals surface area contributed by atoms with Crippen molar-refractivity contribution in [2.24, 2.45) is 5.18 Å². The average molecular weight is 280 g/mol. The number of phenolic OH excluding ortho intramolecular Hbond substituents is 1. The highest BCUT2D eigenvalue weighted by molar-refractivity contribution is 6.10. The molecule has 0 bridgehead atoms. The van der Waals surface area contributed by atoms with E-state index in [1.807, 2.05) is 30.3 Å². The number of nitrogens with one attached hydrogen (secondary N) is 1. The Balaban J connectivity index is 2.12. The van der Waals surface area contributed by atoms with Gasteiger partial charge in [0.25, 0.3) is 0 Å². The van der Waals surface area contributed by atoms with Crippen molar-refractivity contribution < 1.29 is 5.11 Å². The van der Waals surface area contributed by atoms with Gasteiger partial charge in [-0.05, 0) is 17.3 Å². The first-order chi connectivity index (χ1) is 10.3. The molecule has 8 heteroatoms. The number of nitroso groups, excluding NO2 is 1. The first-order valence-corrected chi connectivity index (χ1v) is 6.13. The molecule has 0 unspecified atom stereocenters. The third-order valence-electron chi connectivity index (χ3n) is 3.29. The van der Waals surface area contributed by atoms with Crippen LogP contribution in [0.2, 0.25) is 0 Å². The molecular formula is C13H8N6O2. The number of hydrogen-bond acceptors (Lipinski definition) is 6. The van der Waals surface area contributed by atoms with E-state index in [4.69, 9.17) is 0 Å². The maximum absolute atomic E-state index is 11.1. The van der Waals surface area contributed by atoms with Crippen LogP contribution in [-0.2, 0) is 0 Å².